The monoisotopic (exact) mass is 677 g/mol. The molecular weight excluding hydrogens is 642 g/mol. The molecule has 5 aromatic rings. The molecule has 1 unspecified atom stereocenters. The molecule has 0 saturated heterocycles. The molecule has 1 N–H and O–H groups in total. The molecule has 1 amide bonds. The van der Waals surface area contributed by atoms with Crippen LogP contribution in [0.4, 0.5) is 5.69 Å². The molecule has 0 saturated carbocycles. The number of carbonyl (C=O) groups excluding carboxylic acids is 3. The van der Waals surface area contributed by atoms with Crippen molar-refractivity contribution >= 4 is 23.3 Å². The molecule has 1 atom stereocenters. The van der Waals surface area contributed by atoms with Crippen molar-refractivity contribution in [3.05, 3.63) is 147 Å². The topological polar surface area (TPSA) is 165 Å². The van der Waals surface area contributed by atoms with Gasteiger partial charge in [0.15, 0.2) is 18.0 Å². The van der Waals surface area contributed by atoms with Crippen LogP contribution in [0.15, 0.2) is 103 Å². The van der Waals surface area contributed by atoms with E-state index >= 15 is 0 Å². The molecule has 4 aromatic carbocycles. The Morgan fingerprint density at radius 3 is 2.26 bits per heavy atom. The Labute approximate surface area is 287 Å². The maximum absolute atomic E-state index is 14.3. The van der Waals surface area contributed by atoms with Gasteiger partial charge in [0.2, 0.25) is 11.8 Å². The van der Waals surface area contributed by atoms with E-state index in [0.29, 0.717) is 17.7 Å². The summed E-state index contributed by atoms with van der Waals surface area (Å²) in [4.78, 5) is 52.5. The number of hydrogen-bond donors (Lipinski definition) is 1. The van der Waals surface area contributed by atoms with Crippen LogP contribution in [-0.2, 0) is 17.7 Å². The first kappa shape index (κ1) is 35.0. The lowest BCUT2D eigenvalue weighted by Crippen LogP contribution is -2.28. The van der Waals surface area contributed by atoms with Crippen LogP contribution in [0.25, 0.3) is 0 Å². The first-order chi connectivity index (χ1) is 24.3. The maximum Gasteiger partial charge on any atom is 0.359 e. The fourth-order valence-corrected chi connectivity index (χ4v) is 5.17. The molecule has 13 heteroatoms. The summed E-state index contributed by atoms with van der Waals surface area (Å²) in [6.07, 6.45) is 0.649. The zero-order valence-corrected chi connectivity index (χ0v) is 27.5. The van der Waals surface area contributed by atoms with Gasteiger partial charge in [-0.15, -0.1) is 5.10 Å². The number of nitro groups is 1. The van der Waals surface area contributed by atoms with E-state index in [1.54, 1.807) is 68.6 Å². The fraction of sp³-hybridized carbons (Fsp3) is 0.216. The Morgan fingerprint density at radius 1 is 0.900 bits per heavy atom. The molecule has 0 bridgehead atoms. The molecule has 0 aliphatic heterocycles. The summed E-state index contributed by atoms with van der Waals surface area (Å²) in [5, 5.41) is 22.9. The van der Waals surface area contributed by atoms with E-state index in [4.69, 9.17) is 14.2 Å². The van der Waals surface area contributed by atoms with Crippen LogP contribution >= 0.6 is 0 Å². The number of amides is 1. The van der Waals surface area contributed by atoms with Crippen molar-refractivity contribution in [2.45, 2.75) is 32.4 Å². The molecule has 50 heavy (non-hydrogen) atoms. The SMILES string of the molecule is CCOC(=O)c1c(C(=O)c2cccc(OCC(CCc3ccccc3)[N+](=O)[O-])c2NC(=O)c2ccccc2)nnn1Cc1ccc(OC)cc1. The number of nitrogens with one attached hydrogen (secondary N) is 1. The van der Waals surface area contributed by atoms with E-state index in [2.05, 4.69) is 15.6 Å². The summed E-state index contributed by atoms with van der Waals surface area (Å²) in [7, 11) is 1.55. The van der Waals surface area contributed by atoms with Crippen LogP contribution in [0.1, 0.15) is 61.4 Å². The van der Waals surface area contributed by atoms with Crippen LogP contribution in [0.2, 0.25) is 0 Å². The van der Waals surface area contributed by atoms with E-state index < -0.39 is 28.6 Å². The van der Waals surface area contributed by atoms with Gasteiger partial charge in [0, 0.05) is 16.9 Å². The number of aromatic nitrogens is 3. The third-order valence-electron chi connectivity index (χ3n) is 7.79. The highest BCUT2D eigenvalue weighted by Crippen LogP contribution is 2.32. The first-order valence-corrected chi connectivity index (χ1v) is 15.9. The largest absolute Gasteiger partial charge is 0.497 e. The van der Waals surface area contributed by atoms with Crippen molar-refractivity contribution in [1.82, 2.24) is 15.0 Å². The number of methoxy groups -OCH3 is 1. The summed E-state index contributed by atoms with van der Waals surface area (Å²) in [6, 6.07) is 28.1. The van der Waals surface area contributed by atoms with Gasteiger partial charge in [-0.1, -0.05) is 71.9 Å². The second kappa shape index (κ2) is 16.6. The van der Waals surface area contributed by atoms with Crippen LogP contribution < -0.4 is 14.8 Å². The van der Waals surface area contributed by atoms with Gasteiger partial charge in [-0.3, -0.25) is 19.7 Å². The standard InChI is InChI=1S/C37H35N5O8/c1-3-49-37(45)34-33(39-40-41(34)23-26-18-21-29(48-2)22-19-26)35(43)30-15-10-16-31(32(30)38-36(44)27-13-8-5-9-14-27)50-24-28(42(46)47)20-17-25-11-6-4-7-12-25/h4-16,18-19,21-22,28H,3,17,20,23-24H2,1-2H3,(H,38,44). The Morgan fingerprint density at radius 2 is 1.60 bits per heavy atom. The molecule has 1 heterocycles. The fourth-order valence-electron chi connectivity index (χ4n) is 5.17. The molecule has 0 spiro atoms. The van der Waals surface area contributed by atoms with Crippen molar-refractivity contribution in [1.29, 1.82) is 0 Å². The average molecular weight is 678 g/mol. The summed E-state index contributed by atoms with van der Waals surface area (Å²) in [6.45, 7) is 1.42. The zero-order valence-electron chi connectivity index (χ0n) is 27.5. The quantitative estimate of drug-likeness (QED) is 0.0597. The van der Waals surface area contributed by atoms with Gasteiger partial charge in [0.25, 0.3) is 5.91 Å². The third kappa shape index (κ3) is 8.55. The van der Waals surface area contributed by atoms with E-state index in [1.165, 1.54) is 22.9 Å². The Kier molecular flexibility index (Phi) is 11.6. The second-order valence-electron chi connectivity index (χ2n) is 11.1. The number of hydrogen-bond acceptors (Lipinski definition) is 10. The molecular formula is C37H35N5O8. The van der Waals surface area contributed by atoms with Crippen LogP contribution in [-0.4, -0.2) is 63.9 Å². The van der Waals surface area contributed by atoms with Gasteiger partial charge in [-0.25, -0.2) is 9.48 Å². The van der Waals surface area contributed by atoms with Gasteiger partial charge in [-0.05, 0) is 60.9 Å². The van der Waals surface area contributed by atoms with Crippen molar-refractivity contribution in [3.63, 3.8) is 0 Å². The smallest absolute Gasteiger partial charge is 0.359 e. The Balaban J connectivity index is 1.50. The highest BCUT2D eigenvalue weighted by atomic mass is 16.6. The molecule has 256 valence electrons. The van der Waals surface area contributed by atoms with Gasteiger partial charge in [0.1, 0.15) is 11.5 Å². The number of nitrogens with zero attached hydrogens (tertiary/aromatic N) is 4. The number of ketones is 1. The molecule has 5 rings (SSSR count). The van der Waals surface area contributed by atoms with E-state index in [1.807, 2.05) is 30.3 Å². The summed E-state index contributed by atoms with van der Waals surface area (Å²) >= 11 is 0. The number of benzene rings is 4. The van der Waals surface area contributed by atoms with E-state index in [9.17, 15) is 24.5 Å². The number of anilines is 1. The lowest BCUT2D eigenvalue weighted by atomic mass is 10.0. The average Bonchev–Trinajstić information content (AvgIpc) is 3.56. The Bertz CT molecular complexity index is 1950. The Hall–Kier alpha value is -6.37. The first-order valence-electron chi connectivity index (χ1n) is 15.9. The maximum atomic E-state index is 14.3. The second-order valence-corrected chi connectivity index (χ2v) is 11.1. The molecule has 1 aromatic heterocycles. The zero-order chi connectivity index (χ0) is 35.5. The number of ether oxygens (including phenoxy) is 3. The van der Waals surface area contributed by atoms with E-state index in [0.717, 1.165) is 11.1 Å². The summed E-state index contributed by atoms with van der Waals surface area (Å²) in [5.74, 6) is -1.46. The number of rotatable bonds is 16. The minimum Gasteiger partial charge on any atom is -0.497 e. The van der Waals surface area contributed by atoms with Crippen LogP contribution in [0.3, 0.4) is 0 Å². The molecule has 0 aliphatic carbocycles. The molecule has 13 nitrogen and oxygen atoms in total. The van der Waals surface area contributed by atoms with Gasteiger partial charge in [0.05, 0.1) is 31.5 Å². The number of carbonyl (C=O) groups is 3. The van der Waals surface area contributed by atoms with Crippen molar-refractivity contribution in [3.8, 4) is 11.5 Å². The number of aryl methyl sites for hydroxylation is 1. The number of esters is 1. The van der Waals surface area contributed by atoms with Gasteiger partial charge < -0.3 is 19.5 Å². The summed E-state index contributed by atoms with van der Waals surface area (Å²) in [5.41, 5.74) is 1.37. The minimum atomic E-state index is -1.08. The van der Waals surface area contributed by atoms with Crippen LogP contribution in [0, 0.1) is 10.1 Å². The van der Waals surface area contributed by atoms with Gasteiger partial charge in [-0.2, -0.15) is 0 Å². The lowest BCUT2D eigenvalue weighted by Gasteiger charge is -2.17. The molecule has 0 aliphatic rings. The van der Waals surface area contributed by atoms with E-state index in [-0.39, 0.29) is 54.6 Å². The molecule has 0 radical (unpaired) electrons. The highest BCUT2D eigenvalue weighted by Gasteiger charge is 2.31. The van der Waals surface area contributed by atoms with Crippen molar-refractivity contribution in [2.75, 3.05) is 25.6 Å². The highest BCUT2D eigenvalue weighted by molar-refractivity contribution is 6.18. The predicted octanol–water partition coefficient (Wildman–Crippen LogP) is 5.65. The van der Waals surface area contributed by atoms with Crippen molar-refractivity contribution in [2.24, 2.45) is 0 Å². The summed E-state index contributed by atoms with van der Waals surface area (Å²) < 4.78 is 17.7. The van der Waals surface area contributed by atoms with Crippen molar-refractivity contribution < 1.29 is 33.5 Å². The minimum absolute atomic E-state index is 0.0231. The van der Waals surface area contributed by atoms with Crippen LogP contribution in [0.5, 0.6) is 11.5 Å². The third-order valence-corrected chi connectivity index (χ3v) is 7.79. The predicted molar refractivity (Wildman–Crippen MR) is 183 cm³/mol. The van der Waals surface area contributed by atoms with Gasteiger partial charge >= 0.3 is 5.97 Å². The lowest BCUT2D eigenvalue weighted by molar-refractivity contribution is -0.525. The normalized spacial score (nSPS) is 11.3. The number of para-hydroxylation sites is 1. The molecule has 0 fully saturated rings.